The second-order valence-electron chi connectivity index (χ2n) is 9.91. The van der Waals surface area contributed by atoms with Crippen molar-refractivity contribution in [2.75, 3.05) is 13.7 Å². The fourth-order valence-corrected chi connectivity index (χ4v) is 4.97. The van der Waals surface area contributed by atoms with E-state index in [9.17, 15) is 14.0 Å². The van der Waals surface area contributed by atoms with Gasteiger partial charge in [0, 0.05) is 29.1 Å². The number of amides is 1. The van der Waals surface area contributed by atoms with Crippen molar-refractivity contribution in [1.29, 1.82) is 0 Å². The zero-order valence-electron chi connectivity index (χ0n) is 23.5. The minimum atomic E-state index is -0.970. The first kappa shape index (κ1) is 30.6. The van der Waals surface area contributed by atoms with Gasteiger partial charge in [-0.15, -0.1) is 0 Å². The summed E-state index contributed by atoms with van der Waals surface area (Å²) in [6, 6.07) is 26.9. The Morgan fingerprint density at radius 2 is 1.60 bits per heavy atom. The first-order valence-electron chi connectivity index (χ1n) is 13.7. The molecule has 218 valence electrons. The summed E-state index contributed by atoms with van der Waals surface area (Å²) in [6.45, 7) is 2.16. The SMILES string of the molecule is CCC[C@H](c1ccc(C(=O)NCCC(=O)O)cc1)[C@@H](Oc1cccc(-c2cc(F)cc(OC)c2)c1)c1ccc(Cl)cc1. The van der Waals surface area contributed by atoms with E-state index >= 15 is 0 Å². The number of carboxylic acids is 1. The van der Waals surface area contributed by atoms with Gasteiger partial charge < -0.3 is 19.9 Å². The van der Waals surface area contributed by atoms with E-state index in [-0.39, 0.29) is 24.8 Å². The van der Waals surface area contributed by atoms with Crippen molar-refractivity contribution in [2.45, 2.75) is 38.2 Å². The van der Waals surface area contributed by atoms with Crippen LogP contribution in [0.2, 0.25) is 5.02 Å². The van der Waals surface area contributed by atoms with E-state index in [4.69, 9.17) is 26.2 Å². The molecule has 0 spiro atoms. The highest BCUT2D eigenvalue weighted by molar-refractivity contribution is 6.30. The second kappa shape index (κ2) is 14.5. The molecular formula is C34H33ClFNO5. The van der Waals surface area contributed by atoms with Gasteiger partial charge in [0.15, 0.2) is 0 Å². The number of carbonyl (C=O) groups excluding carboxylic acids is 1. The molecule has 8 heteroatoms. The summed E-state index contributed by atoms with van der Waals surface area (Å²) in [7, 11) is 1.50. The number of rotatable bonds is 13. The van der Waals surface area contributed by atoms with E-state index in [0.29, 0.717) is 27.6 Å². The molecule has 0 saturated heterocycles. The van der Waals surface area contributed by atoms with Crippen LogP contribution in [-0.4, -0.2) is 30.6 Å². The molecule has 4 rings (SSSR count). The number of carboxylic acid groups (broad SMARTS) is 1. The van der Waals surface area contributed by atoms with Crippen LogP contribution in [0, 0.1) is 5.82 Å². The van der Waals surface area contributed by atoms with Gasteiger partial charge in [-0.05, 0) is 77.2 Å². The van der Waals surface area contributed by atoms with Gasteiger partial charge in [-0.2, -0.15) is 0 Å². The first-order valence-corrected chi connectivity index (χ1v) is 14.1. The Bertz CT molecular complexity index is 1510. The van der Waals surface area contributed by atoms with Crippen LogP contribution < -0.4 is 14.8 Å². The predicted octanol–water partition coefficient (Wildman–Crippen LogP) is 8.06. The molecule has 0 unspecified atom stereocenters. The van der Waals surface area contributed by atoms with Gasteiger partial charge in [0.05, 0.1) is 13.5 Å². The third-order valence-electron chi connectivity index (χ3n) is 6.93. The van der Waals surface area contributed by atoms with Crippen LogP contribution >= 0.6 is 11.6 Å². The lowest BCUT2D eigenvalue weighted by atomic mass is 9.85. The van der Waals surface area contributed by atoms with Crippen LogP contribution in [0.25, 0.3) is 11.1 Å². The summed E-state index contributed by atoms with van der Waals surface area (Å²) in [6.07, 6.45) is 1.16. The molecule has 0 heterocycles. The van der Waals surface area contributed by atoms with Crippen molar-refractivity contribution in [3.05, 3.63) is 119 Å². The van der Waals surface area contributed by atoms with Crippen LogP contribution in [0.5, 0.6) is 11.5 Å². The number of benzene rings is 4. The van der Waals surface area contributed by atoms with Gasteiger partial charge >= 0.3 is 5.97 Å². The van der Waals surface area contributed by atoms with Gasteiger partial charge in [0.2, 0.25) is 0 Å². The zero-order valence-corrected chi connectivity index (χ0v) is 24.2. The summed E-state index contributed by atoms with van der Waals surface area (Å²) in [5.41, 5.74) is 3.82. The van der Waals surface area contributed by atoms with E-state index in [1.54, 1.807) is 18.2 Å². The topological polar surface area (TPSA) is 84.9 Å². The number of aliphatic carboxylic acids is 1. The summed E-state index contributed by atoms with van der Waals surface area (Å²) in [4.78, 5) is 23.3. The lowest BCUT2D eigenvalue weighted by Gasteiger charge is -2.29. The fraction of sp³-hybridized carbons (Fsp3) is 0.235. The number of nitrogens with one attached hydrogen (secondary N) is 1. The van der Waals surface area contributed by atoms with Gasteiger partial charge in [-0.3, -0.25) is 9.59 Å². The maximum absolute atomic E-state index is 14.2. The van der Waals surface area contributed by atoms with E-state index in [0.717, 1.165) is 29.5 Å². The number of hydrogen-bond donors (Lipinski definition) is 2. The van der Waals surface area contributed by atoms with Gasteiger partial charge in [-0.1, -0.05) is 61.3 Å². The predicted molar refractivity (Wildman–Crippen MR) is 162 cm³/mol. The van der Waals surface area contributed by atoms with E-state index in [1.165, 1.54) is 19.2 Å². The number of methoxy groups -OCH3 is 1. The highest BCUT2D eigenvalue weighted by Crippen LogP contribution is 2.40. The molecule has 2 N–H and O–H groups in total. The zero-order chi connectivity index (χ0) is 30.1. The highest BCUT2D eigenvalue weighted by atomic mass is 35.5. The minimum absolute atomic E-state index is 0.0579. The molecule has 0 radical (unpaired) electrons. The van der Waals surface area contributed by atoms with Gasteiger partial charge in [0.1, 0.15) is 23.4 Å². The summed E-state index contributed by atoms with van der Waals surface area (Å²) in [5, 5.41) is 12.1. The largest absolute Gasteiger partial charge is 0.497 e. The molecule has 0 aliphatic carbocycles. The quantitative estimate of drug-likeness (QED) is 0.165. The second-order valence-corrected chi connectivity index (χ2v) is 10.4. The Kier molecular flexibility index (Phi) is 10.6. The number of hydrogen-bond acceptors (Lipinski definition) is 4. The van der Waals surface area contributed by atoms with Crippen LogP contribution in [0.1, 0.15) is 59.7 Å². The smallest absolute Gasteiger partial charge is 0.305 e. The van der Waals surface area contributed by atoms with Crippen molar-refractivity contribution < 1.29 is 28.6 Å². The molecule has 4 aromatic rings. The van der Waals surface area contributed by atoms with Crippen LogP contribution in [0.4, 0.5) is 4.39 Å². The molecular weight excluding hydrogens is 557 g/mol. The Hall–Kier alpha value is -4.36. The monoisotopic (exact) mass is 589 g/mol. The first-order chi connectivity index (χ1) is 20.3. The summed E-state index contributed by atoms with van der Waals surface area (Å²) in [5.74, 6) is -0.716. The fourth-order valence-electron chi connectivity index (χ4n) is 4.85. The minimum Gasteiger partial charge on any atom is -0.497 e. The van der Waals surface area contributed by atoms with Crippen molar-refractivity contribution in [2.24, 2.45) is 0 Å². The normalized spacial score (nSPS) is 12.3. The average molecular weight is 590 g/mol. The molecule has 42 heavy (non-hydrogen) atoms. The molecule has 0 saturated carbocycles. The molecule has 1 amide bonds. The third kappa shape index (κ3) is 8.10. The molecule has 0 bridgehead atoms. The van der Waals surface area contributed by atoms with Crippen molar-refractivity contribution in [1.82, 2.24) is 5.32 Å². The molecule has 0 aromatic heterocycles. The lowest BCUT2D eigenvalue weighted by Crippen LogP contribution is -2.26. The maximum Gasteiger partial charge on any atom is 0.305 e. The number of carbonyl (C=O) groups is 2. The molecule has 2 atom stereocenters. The standard InChI is InChI=1S/C34H33ClFNO5/c1-3-5-31(22-8-10-24(11-9-22)34(40)37-17-16-32(38)39)33(23-12-14-27(35)15-13-23)42-29-7-4-6-25(19-29)26-18-28(36)21-30(20-26)41-2/h4,6-15,18-21,31,33H,3,5,16-17H2,1-2H3,(H,37,40)(H,38,39)/t31-,33+/m1/s1. The lowest BCUT2D eigenvalue weighted by molar-refractivity contribution is -0.136. The van der Waals surface area contributed by atoms with E-state index in [1.807, 2.05) is 60.7 Å². The Morgan fingerprint density at radius 1 is 0.905 bits per heavy atom. The molecule has 0 fully saturated rings. The van der Waals surface area contributed by atoms with Gasteiger partial charge in [0.25, 0.3) is 5.91 Å². The number of ether oxygens (including phenoxy) is 2. The van der Waals surface area contributed by atoms with E-state index < -0.39 is 17.9 Å². The Morgan fingerprint density at radius 3 is 2.26 bits per heavy atom. The molecule has 0 aliphatic heterocycles. The average Bonchev–Trinajstić information content (AvgIpc) is 2.99. The Labute approximate surface area is 250 Å². The van der Waals surface area contributed by atoms with Crippen LogP contribution in [0.15, 0.2) is 91.0 Å². The van der Waals surface area contributed by atoms with E-state index in [2.05, 4.69) is 12.2 Å². The number of halogens is 2. The summed E-state index contributed by atoms with van der Waals surface area (Å²) >= 11 is 6.21. The van der Waals surface area contributed by atoms with Crippen LogP contribution in [0.3, 0.4) is 0 Å². The van der Waals surface area contributed by atoms with Crippen molar-refractivity contribution in [3.63, 3.8) is 0 Å². The van der Waals surface area contributed by atoms with Crippen molar-refractivity contribution in [3.8, 4) is 22.6 Å². The molecule has 6 nitrogen and oxygen atoms in total. The molecule has 4 aromatic carbocycles. The highest BCUT2D eigenvalue weighted by Gasteiger charge is 2.27. The maximum atomic E-state index is 14.2. The van der Waals surface area contributed by atoms with Crippen LogP contribution in [-0.2, 0) is 4.79 Å². The van der Waals surface area contributed by atoms with Crippen molar-refractivity contribution >= 4 is 23.5 Å². The van der Waals surface area contributed by atoms with Gasteiger partial charge in [-0.25, -0.2) is 4.39 Å². The molecule has 0 aliphatic rings. The summed E-state index contributed by atoms with van der Waals surface area (Å²) < 4.78 is 26.2. The Balaban J connectivity index is 1.66. The third-order valence-corrected chi connectivity index (χ3v) is 7.18.